The molecule has 0 saturated carbocycles. The second-order valence-corrected chi connectivity index (χ2v) is 4.15. The van der Waals surface area contributed by atoms with Gasteiger partial charge in [0.25, 0.3) is 11.6 Å². The third kappa shape index (κ3) is 3.01. The fourth-order valence-corrected chi connectivity index (χ4v) is 1.61. The Morgan fingerprint density at radius 3 is 2.65 bits per heavy atom. The van der Waals surface area contributed by atoms with Crippen molar-refractivity contribution in [3.05, 3.63) is 67.7 Å². The maximum atomic E-state index is 11.9. The Bertz CT molecular complexity index is 720. The summed E-state index contributed by atoms with van der Waals surface area (Å²) in [5.74, 6) is -0.640. The number of nitrogens with one attached hydrogen (secondary N) is 1. The predicted octanol–water partition coefficient (Wildman–Crippen LogP) is 2.45. The molecule has 1 N–H and O–H groups in total. The molecule has 0 aliphatic heterocycles. The zero-order chi connectivity index (χ0) is 14.7. The highest BCUT2D eigenvalue weighted by Gasteiger charge is 2.17. The lowest BCUT2D eigenvalue weighted by Gasteiger charge is -2.05. The summed E-state index contributed by atoms with van der Waals surface area (Å²) in [5.41, 5.74) is -0.869. The Morgan fingerprint density at radius 2 is 2.05 bits per heavy atom. The number of rotatable bonds is 3. The molecule has 1 aromatic heterocycles. The van der Waals surface area contributed by atoms with Gasteiger partial charge >= 0.3 is 5.63 Å². The summed E-state index contributed by atoms with van der Waals surface area (Å²) in [7, 11) is 0. The zero-order valence-corrected chi connectivity index (χ0v) is 10.6. The van der Waals surface area contributed by atoms with Crippen LogP contribution >= 0.6 is 11.6 Å². The third-order valence-electron chi connectivity index (χ3n) is 2.37. The van der Waals surface area contributed by atoms with Crippen LogP contribution in [0.25, 0.3) is 0 Å². The predicted molar refractivity (Wildman–Crippen MR) is 71.0 cm³/mol. The molecule has 2 aromatic rings. The topological polar surface area (TPSA) is 102 Å². The highest BCUT2D eigenvalue weighted by atomic mass is 35.5. The first-order valence-electron chi connectivity index (χ1n) is 5.31. The SMILES string of the molecule is O=C(Nc1ccc(Cl)cc1[N+](=O)[O-])c1ccc(=O)oc1. The maximum Gasteiger partial charge on any atom is 0.335 e. The molecule has 0 spiro atoms. The van der Waals surface area contributed by atoms with E-state index in [1.807, 2.05) is 0 Å². The highest BCUT2D eigenvalue weighted by molar-refractivity contribution is 6.31. The number of nitro benzene ring substituents is 1. The van der Waals surface area contributed by atoms with Gasteiger partial charge in [-0.1, -0.05) is 11.6 Å². The van der Waals surface area contributed by atoms with Gasteiger partial charge in [0, 0.05) is 17.2 Å². The van der Waals surface area contributed by atoms with Gasteiger partial charge in [-0.3, -0.25) is 14.9 Å². The Labute approximate surface area is 116 Å². The molecular weight excluding hydrogens is 288 g/mol. The quantitative estimate of drug-likeness (QED) is 0.692. The van der Waals surface area contributed by atoms with E-state index in [-0.39, 0.29) is 22.0 Å². The van der Waals surface area contributed by atoms with E-state index in [0.717, 1.165) is 18.4 Å². The van der Waals surface area contributed by atoms with Gasteiger partial charge in [0.15, 0.2) is 0 Å². The van der Waals surface area contributed by atoms with Gasteiger partial charge in [-0.2, -0.15) is 0 Å². The molecule has 102 valence electrons. The van der Waals surface area contributed by atoms with Gasteiger partial charge in [-0.15, -0.1) is 0 Å². The molecule has 0 bridgehead atoms. The molecule has 8 heteroatoms. The minimum absolute atomic E-state index is 0.00407. The molecule has 7 nitrogen and oxygen atoms in total. The molecule has 0 unspecified atom stereocenters. The molecule has 0 aliphatic carbocycles. The van der Waals surface area contributed by atoms with Gasteiger partial charge in [-0.25, -0.2) is 4.79 Å². The smallest absolute Gasteiger partial charge is 0.335 e. The lowest BCUT2D eigenvalue weighted by molar-refractivity contribution is -0.383. The molecule has 1 amide bonds. The van der Waals surface area contributed by atoms with E-state index in [9.17, 15) is 19.7 Å². The molecule has 0 saturated heterocycles. The van der Waals surface area contributed by atoms with Crippen LogP contribution in [-0.4, -0.2) is 10.8 Å². The van der Waals surface area contributed by atoms with Crippen molar-refractivity contribution in [2.45, 2.75) is 0 Å². The fourth-order valence-electron chi connectivity index (χ4n) is 1.44. The molecule has 2 rings (SSSR count). The number of anilines is 1. The standard InChI is InChI=1S/C12H7ClN2O5/c13-8-2-3-9(10(5-8)15(18)19)14-12(17)7-1-4-11(16)20-6-7/h1-6H,(H,14,17). The Kier molecular flexibility index (Phi) is 3.81. The van der Waals surface area contributed by atoms with Gasteiger partial charge in [-0.05, 0) is 18.2 Å². The summed E-state index contributed by atoms with van der Waals surface area (Å²) < 4.78 is 4.54. The maximum absolute atomic E-state index is 11.9. The van der Waals surface area contributed by atoms with Gasteiger partial charge in [0.05, 0.1) is 10.5 Å². The molecule has 1 aromatic carbocycles. The van der Waals surface area contributed by atoms with Crippen LogP contribution in [-0.2, 0) is 0 Å². The number of benzene rings is 1. The molecule has 0 atom stereocenters. The molecule has 20 heavy (non-hydrogen) atoms. The van der Waals surface area contributed by atoms with Crippen LogP contribution in [0.1, 0.15) is 10.4 Å². The summed E-state index contributed by atoms with van der Waals surface area (Å²) >= 11 is 5.66. The number of hydrogen-bond acceptors (Lipinski definition) is 5. The second-order valence-electron chi connectivity index (χ2n) is 3.72. The van der Waals surface area contributed by atoms with E-state index in [1.54, 1.807) is 0 Å². The molecule has 0 aliphatic rings. The van der Waals surface area contributed by atoms with Crippen molar-refractivity contribution in [2.24, 2.45) is 0 Å². The van der Waals surface area contributed by atoms with Crippen molar-refractivity contribution in [1.82, 2.24) is 0 Å². The van der Waals surface area contributed by atoms with Gasteiger partial charge in [0.2, 0.25) is 0 Å². The summed E-state index contributed by atoms with van der Waals surface area (Å²) in [4.78, 5) is 32.8. The summed E-state index contributed by atoms with van der Waals surface area (Å²) in [5, 5.41) is 13.4. The highest BCUT2D eigenvalue weighted by Crippen LogP contribution is 2.28. The summed E-state index contributed by atoms with van der Waals surface area (Å²) in [6, 6.07) is 6.18. The van der Waals surface area contributed by atoms with E-state index in [0.29, 0.717) is 0 Å². The largest absolute Gasteiger partial charge is 0.430 e. The third-order valence-corrected chi connectivity index (χ3v) is 2.60. The number of nitro groups is 1. The van der Waals surface area contributed by atoms with Crippen molar-refractivity contribution in [2.75, 3.05) is 5.32 Å². The minimum Gasteiger partial charge on any atom is -0.430 e. The monoisotopic (exact) mass is 294 g/mol. The van der Waals surface area contributed by atoms with Crippen LogP contribution in [0.4, 0.5) is 11.4 Å². The lowest BCUT2D eigenvalue weighted by atomic mass is 10.2. The van der Waals surface area contributed by atoms with Crippen LogP contribution in [0.2, 0.25) is 5.02 Å². The van der Waals surface area contributed by atoms with Gasteiger partial charge < -0.3 is 9.73 Å². The normalized spacial score (nSPS) is 10.1. The van der Waals surface area contributed by atoms with Crippen LogP contribution in [0.3, 0.4) is 0 Å². The first kappa shape index (κ1) is 13.8. The van der Waals surface area contributed by atoms with E-state index < -0.39 is 16.5 Å². The lowest BCUT2D eigenvalue weighted by Crippen LogP contribution is -2.14. The second kappa shape index (κ2) is 5.54. The van der Waals surface area contributed by atoms with Gasteiger partial charge in [0.1, 0.15) is 12.0 Å². The van der Waals surface area contributed by atoms with Crippen LogP contribution in [0.5, 0.6) is 0 Å². The van der Waals surface area contributed by atoms with E-state index in [2.05, 4.69) is 9.73 Å². The van der Waals surface area contributed by atoms with Crippen molar-refractivity contribution in [3.8, 4) is 0 Å². The average Bonchev–Trinajstić information content (AvgIpc) is 2.41. The number of halogens is 1. The average molecular weight is 295 g/mol. The minimum atomic E-state index is -0.660. The van der Waals surface area contributed by atoms with Crippen LogP contribution < -0.4 is 10.9 Å². The van der Waals surface area contributed by atoms with E-state index in [1.165, 1.54) is 18.2 Å². The Hall–Kier alpha value is -2.67. The van der Waals surface area contributed by atoms with Crippen molar-refractivity contribution < 1.29 is 14.1 Å². The number of hydrogen-bond donors (Lipinski definition) is 1. The molecule has 0 radical (unpaired) electrons. The first-order valence-corrected chi connectivity index (χ1v) is 5.69. The summed E-state index contributed by atoms with van der Waals surface area (Å²) in [6.45, 7) is 0. The number of nitrogens with zero attached hydrogens (tertiary/aromatic N) is 1. The summed E-state index contributed by atoms with van der Waals surface area (Å²) in [6.07, 6.45) is 0.972. The Morgan fingerprint density at radius 1 is 1.30 bits per heavy atom. The number of carbonyl (C=O) groups is 1. The molecule has 0 fully saturated rings. The van der Waals surface area contributed by atoms with Crippen molar-refractivity contribution >= 4 is 28.9 Å². The molecule has 1 heterocycles. The fraction of sp³-hybridized carbons (Fsp3) is 0. The van der Waals surface area contributed by atoms with Crippen LogP contribution in [0.15, 0.2) is 45.8 Å². The zero-order valence-electron chi connectivity index (χ0n) is 9.83. The van der Waals surface area contributed by atoms with Crippen LogP contribution in [0, 0.1) is 10.1 Å². The number of amides is 1. The van der Waals surface area contributed by atoms with Crippen molar-refractivity contribution in [1.29, 1.82) is 0 Å². The van der Waals surface area contributed by atoms with E-state index >= 15 is 0 Å². The Balaban J connectivity index is 2.30. The van der Waals surface area contributed by atoms with E-state index in [4.69, 9.17) is 11.6 Å². The number of carbonyl (C=O) groups excluding carboxylic acids is 1. The first-order chi connectivity index (χ1) is 9.47. The molecular formula is C12H7ClN2O5. The van der Waals surface area contributed by atoms with Crippen molar-refractivity contribution in [3.63, 3.8) is 0 Å².